The van der Waals surface area contributed by atoms with E-state index in [0.717, 1.165) is 5.56 Å². The third-order valence-corrected chi connectivity index (χ3v) is 3.01. The molecule has 0 atom stereocenters. The van der Waals surface area contributed by atoms with Crippen molar-refractivity contribution in [2.24, 2.45) is 0 Å². The molecule has 0 fully saturated rings. The first-order valence-corrected chi connectivity index (χ1v) is 8.50. The minimum Gasteiger partial charge on any atom is -0.493 e. The largest absolute Gasteiger partial charge is 0.493 e. The Morgan fingerprint density at radius 1 is 1.11 bits per heavy atom. The van der Waals surface area contributed by atoms with Gasteiger partial charge in [-0.3, -0.25) is 19.2 Å². The third-order valence-electron chi connectivity index (χ3n) is 3.01. The summed E-state index contributed by atoms with van der Waals surface area (Å²) in [5.74, 6) is 0.131. The molecule has 0 bridgehead atoms. The number of carboxylic acid groups (broad SMARTS) is 1. The van der Waals surface area contributed by atoms with E-state index in [9.17, 15) is 19.2 Å². The van der Waals surface area contributed by atoms with Crippen LogP contribution in [0.3, 0.4) is 0 Å². The van der Waals surface area contributed by atoms with E-state index in [1.807, 2.05) is 37.4 Å². The van der Waals surface area contributed by atoms with Gasteiger partial charge in [0.25, 0.3) is 0 Å². The van der Waals surface area contributed by atoms with Crippen molar-refractivity contribution in [3.05, 3.63) is 23.8 Å². The van der Waals surface area contributed by atoms with E-state index >= 15 is 0 Å². The van der Waals surface area contributed by atoms with Crippen LogP contribution < -0.4 is 25.4 Å². The molecular weight excluding hydrogens is 370 g/mol. The van der Waals surface area contributed by atoms with Crippen molar-refractivity contribution in [1.82, 2.24) is 16.0 Å². The zero-order valence-corrected chi connectivity index (χ0v) is 16.2. The zero-order valence-electron chi connectivity index (χ0n) is 16.2. The number of benzene rings is 1. The minimum atomic E-state index is -1.04. The van der Waals surface area contributed by atoms with Gasteiger partial charge in [0.2, 0.25) is 18.7 Å². The Bertz CT molecular complexity index is 636. The second-order valence-corrected chi connectivity index (χ2v) is 5.64. The summed E-state index contributed by atoms with van der Waals surface area (Å²) in [7, 11) is 1.60. The van der Waals surface area contributed by atoms with Crippen molar-refractivity contribution in [3.63, 3.8) is 0 Å². The Morgan fingerprint density at radius 3 is 2.25 bits per heavy atom. The van der Waals surface area contributed by atoms with Crippen molar-refractivity contribution in [2.45, 2.75) is 26.4 Å². The molecule has 0 spiro atoms. The number of carboxylic acids is 1. The van der Waals surface area contributed by atoms with Crippen LogP contribution in [0.4, 0.5) is 0 Å². The van der Waals surface area contributed by atoms with Gasteiger partial charge in [-0.25, -0.2) is 0 Å². The molecule has 10 heteroatoms. The monoisotopic (exact) mass is 397 g/mol. The van der Waals surface area contributed by atoms with Gasteiger partial charge in [0.1, 0.15) is 6.54 Å². The van der Waals surface area contributed by atoms with E-state index in [1.54, 1.807) is 7.11 Å². The smallest absolute Gasteiger partial charge is 0.322 e. The number of amides is 3. The zero-order chi connectivity index (χ0) is 21.4. The van der Waals surface area contributed by atoms with Crippen molar-refractivity contribution in [3.8, 4) is 11.5 Å². The molecule has 0 saturated carbocycles. The van der Waals surface area contributed by atoms with E-state index in [2.05, 4.69) is 10.6 Å². The minimum absolute atomic E-state index is 0.00596. The second-order valence-electron chi connectivity index (χ2n) is 5.64. The highest BCUT2D eigenvalue weighted by atomic mass is 16.5. The fourth-order valence-corrected chi connectivity index (χ4v) is 1.89. The molecule has 0 aliphatic rings. The van der Waals surface area contributed by atoms with Gasteiger partial charge in [-0.05, 0) is 38.0 Å². The first-order chi connectivity index (χ1) is 13.3. The number of hydrogen-bond acceptors (Lipinski definition) is 6. The predicted octanol–water partition coefficient (Wildman–Crippen LogP) is -0.296. The molecule has 1 aromatic carbocycles. The summed E-state index contributed by atoms with van der Waals surface area (Å²) in [6, 6.07) is 5.70. The number of aliphatic carboxylic acids is 1. The van der Waals surface area contributed by atoms with Gasteiger partial charge in [-0.2, -0.15) is 0 Å². The molecule has 3 amide bonds. The molecule has 0 saturated heterocycles. The highest BCUT2D eigenvalue weighted by Gasteiger charge is 2.08. The summed E-state index contributed by atoms with van der Waals surface area (Å²) in [5.41, 5.74) is 1.03. The summed E-state index contributed by atoms with van der Waals surface area (Å²) >= 11 is 0. The van der Waals surface area contributed by atoms with Crippen LogP contribution in [0.1, 0.15) is 19.4 Å². The van der Waals surface area contributed by atoms with Gasteiger partial charge in [0.05, 0.1) is 19.8 Å². The standard InChI is InChI=1S/C15H22N2O4.C3H5NO3/c1-11(2)21-13-5-4-12(8-14(13)20-3)6-7-17-15(19)9-16-10-18;5-2-4-1-3(6)7/h4-5,8,10-11H,6-7,9H2,1-3H3,(H,16,18)(H,17,19);2H,1H2,(H,4,5)(H,6,7). The molecule has 0 heterocycles. The third kappa shape index (κ3) is 12.1. The van der Waals surface area contributed by atoms with Crippen LogP contribution in [-0.2, 0) is 25.6 Å². The van der Waals surface area contributed by atoms with E-state index in [-0.39, 0.29) is 25.1 Å². The van der Waals surface area contributed by atoms with Crippen LogP contribution in [0.15, 0.2) is 18.2 Å². The van der Waals surface area contributed by atoms with Crippen molar-refractivity contribution < 1.29 is 33.8 Å². The second kappa shape index (κ2) is 14.8. The van der Waals surface area contributed by atoms with Crippen molar-refractivity contribution >= 4 is 24.7 Å². The van der Waals surface area contributed by atoms with Crippen LogP contribution in [0, 0.1) is 0 Å². The summed E-state index contributed by atoms with van der Waals surface area (Å²) in [6.07, 6.45) is 1.59. The van der Waals surface area contributed by atoms with Crippen molar-refractivity contribution in [1.29, 1.82) is 0 Å². The maximum absolute atomic E-state index is 11.3. The number of carbonyl (C=O) groups excluding carboxylic acids is 3. The quantitative estimate of drug-likeness (QED) is 0.355. The summed E-state index contributed by atoms with van der Waals surface area (Å²) in [6.45, 7) is 4.09. The molecule has 0 radical (unpaired) electrons. The Labute approximate surface area is 163 Å². The molecule has 0 unspecified atom stereocenters. The first kappa shape index (κ1) is 24.7. The van der Waals surface area contributed by atoms with Gasteiger partial charge >= 0.3 is 5.97 Å². The first-order valence-electron chi connectivity index (χ1n) is 8.50. The molecule has 10 nitrogen and oxygen atoms in total. The van der Waals surface area contributed by atoms with Crippen LogP contribution in [0.5, 0.6) is 11.5 Å². The number of rotatable bonds is 12. The molecule has 4 N–H and O–H groups in total. The average molecular weight is 397 g/mol. The van der Waals surface area contributed by atoms with Crippen LogP contribution in [0.25, 0.3) is 0 Å². The summed E-state index contributed by atoms with van der Waals surface area (Å²) in [5, 5.41) is 14.8. The fourth-order valence-electron chi connectivity index (χ4n) is 1.89. The van der Waals surface area contributed by atoms with Gasteiger partial charge in [0, 0.05) is 6.54 Å². The molecule has 0 aliphatic heterocycles. The Morgan fingerprint density at radius 2 is 1.75 bits per heavy atom. The van der Waals surface area contributed by atoms with Crippen LogP contribution >= 0.6 is 0 Å². The highest BCUT2D eigenvalue weighted by Crippen LogP contribution is 2.29. The number of carbonyl (C=O) groups is 4. The number of methoxy groups -OCH3 is 1. The summed E-state index contributed by atoms with van der Waals surface area (Å²) in [4.78, 5) is 40.3. The topological polar surface area (TPSA) is 143 Å². The SMILES string of the molecule is COc1cc(CCNC(=O)CNC=O)ccc1OC(C)C.O=CNCC(=O)O. The molecule has 28 heavy (non-hydrogen) atoms. The van der Waals surface area contributed by atoms with Crippen LogP contribution in [0.2, 0.25) is 0 Å². The number of ether oxygens (including phenoxy) is 2. The maximum atomic E-state index is 11.3. The average Bonchev–Trinajstić information content (AvgIpc) is 2.65. The fraction of sp³-hybridized carbons (Fsp3) is 0.444. The molecule has 1 aromatic rings. The molecule has 1 rings (SSSR count). The lowest BCUT2D eigenvalue weighted by atomic mass is 10.1. The lowest BCUT2D eigenvalue weighted by molar-refractivity contribution is -0.136. The van der Waals surface area contributed by atoms with E-state index in [0.29, 0.717) is 37.3 Å². The van der Waals surface area contributed by atoms with Gasteiger partial charge in [0.15, 0.2) is 11.5 Å². The van der Waals surface area contributed by atoms with Crippen LogP contribution in [-0.4, -0.2) is 62.7 Å². The molecule has 0 aromatic heterocycles. The number of hydrogen-bond donors (Lipinski definition) is 4. The molecular formula is C18H27N3O7. The van der Waals surface area contributed by atoms with E-state index in [4.69, 9.17) is 14.6 Å². The Kier molecular flexibility index (Phi) is 13.1. The van der Waals surface area contributed by atoms with E-state index in [1.165, 1.54) is 0 Å². The van der Waals surface area contributed by atoms with Gasteiger partial charge < -0.3 is 30.5 Å². The Hall–Kier alpha value is -3.30. The molecule has 0 aliphatic carbocycles. The normalized spacial score (nSPS) is 9.43. The summed E-state index contributed by atoms with van der Waals surface area (Å²) < 4.78 is 10.9. The maximum Gasteiger partial charge on any atom is 0.322 e. The number of nitrogens with one attached hydrogen (secondary N) is 3. The predicted molar refractivity (Wildman–Crippen MR) is 101 cm³/mol. The lowest BCUT2D eigenvalue weighted by Crippen LogP contribution is -2.34. The van der Waals surface area contributed by atoms with E-state index < -0.39 is 5.97 Å². The Balaban J connectivity index is 0.000000887. The molecule has 156 valence electrons. The lowest BCUT2D eigenvalue weighted by Gasteiger charge is -2.14. The van der Waals surface area contributed by atoms with Gasteiger partial charge in [-0.15, -0.1) is 0 Å². The highest BCUT2D eigenvalue weighted by molar-refractivity contribution is 5.79. The van der Waals surface area contributed by atoms with Gasteiger partial charge in [-0.1, -0.05) is 6.07 Å². The van der Waals surface area contributed by atoms with Crippen molar-refractivity contribution in [2.75, 3.05) is 26.7 Å².